The van der Waals surface area contributed by atoms with E-state index in [0.29, 0.717) is 17.6 Å². The Morgan fingerprint density at radius 1 is 1.23 bits per heavy atom. The van der Waals surface area contributed by atoms with E-state index in [0.717, 1.165) is 37.4 Å². The summed E-state index contributed by atoms with van der Waals surface area (Å²) in [6, 6.07) is 6.19. The molecule has 0 radical (unpaired) electrons. The minimum absolute atomic E-state index is 0.0320. The maximum atomic E-state index is 6.12. The topological polar surface area (TPSA) is 64.3 Å². The third-order valence-corrected chi connectivity index (χ3v) is 4.46. The lowest BCUT2D eigenvalue weighted by atomic mass is 10.0. The number of aryl methyl sites for hydroxylation is 2. The molecule has 6 nitrogen and oxygen atoms in total. The molecule has 2 saturated heterocycles. The highest BCUT2D eigenvalue weighted by molar-refractivity contribution is 5.10. The van der Waals surface area contributed by atoms with Crippen molar-refractivity contribution >= 4 is 0 Å². The second-order valence-corrected chi connectivity index (χ2v) is 6.30. The van der Waals surface area contributed by atoms with E-state index in [9.17, 15) is 0 Å². The van der Waals surface area contributed by atoms with Crippen molar-refractivity contribution in [3.63, 3.8) is 0 Å². The fraction of sp³-hybridized carbons (Fsp3) is 0.562. The molecule has 116 valence electrons. The molecule has 2 aliphatic heterocycles. The van der Waals surface area contributed by atoms with Crippen LogP contribution >= 0.6 is 0 Å². The first-order chi connectivity index (χ1) is 10.7. The summed E-state index contributed by atoms with van der Waals surface area (Å²) in [4.78, 5) is 11.3. The van der Waals surface area contributed by atoms with E-state index < -0.39 is 0 Å². The molecular weight excluding hydrogens is 280 g/mol. The first-order valence-electron chi connectivity index (χ1n) is 7.78. The molecule has 2 fully saturated rings. The summed E-state index contributed by atoms with van der Waals surface area (Å²) in [6.45, 7) is 6.75. The van der Waals surface area contributed by atoms with Crippen LogP contribution in [0.1, 0.15) is 35.6 Å². The van der Waals surface area contributed by atoms with Crippen LogP contribution in [0.5, 0.6) is 0 Å². The molecule has 0 spiro atoms. The Morgan fingerprint density at radius 2 is 2.14 bits per heavy atom. The number of likely N-dealkylation sites (tertiary alicyclic amines) is 1. The molecule has 0 unspecified atom stereocenters. The molecular formula is C16H20N4O2. The lowest BCUT2D eigenvalue weighted by Crippen LogP contribution is -2.24. The SMILES string of the molecule is Cc1cccc(CN2C[C@@H]3C[C@@H](c4nc(C)no4)O[C@@H]3C2)n1. The lowest BCUT2D eigenvalue weighted by molar-refractivity contribution is 0.0198. The molecule has 0 N–H and O–H groups in total. The van der Waals surface area contributed by atoms with Gasteiger partial charge in [-0.05, 0) is 32.4 Å². The van der Waals surface area contributed by atoms with Crippen molar-refractivity contribution in [1.82, 2.24) is 20.0 Å². The van der Waals surface area contributed by atoms with Crippen LogP contribution in [0, 0.1) is 19.8 Å². The molecule has 3 atom stereocenters. The van der Waals surface area contributed by atoms with Crippen LogP contribution in [-0.2, 0) is 11.3 Å². The number of nitrogens with zero attached hydrogens (tertiary/aromatic N) is 4. The normalized spacial score (nSPS) is 28.2. The van der Waals surface area contributed by atoms with Gasteiger partial charge in [-0.25, -0.2) is 0 Å². The van der Waals surface area contributed by atoms with E-state index in [2.05, 4.69) is 32.2 Å². The van der Waals surface area contributed by atoms with E-state index in [1.165, 1.54) is 0 Å². The molecule has 4 heterocycles. The Balaban J connectivity index is 1.37. The standard InChI is InChI=1S/C16H20N4O2/c1-10-4-3-5-13(17-10)8-20-7-12-6-14(21-15(12)9-20)16-18-11(2)19-22-16/h3-5,12,14-15H,6-9H2,1-2H3/t12-,14-,15+/m0/s1. The number of fused-ring (bicyclic) bond motifs is 1. The van der Waals surface area contributed by atoms with Crippen molar-refractivity contribution in [2.75, 3.05) is 13.1 Å². The van der Waals surface area contributed by atoms with Crippen LogP contribution in [0.25, 0.3) is 0 Å². The maximum absolute atomic E-state index is 6.12. The van der Waals surface area contributed by atoms with Crippen molar-refractivity contribution in [3.8, 4) is 0 Å². The van der Waals surface area contributed by atoms with Crippen LogP contribution in [0.3, 0.4) is 0 Å². The zero-order valence-corrected chi connectivity index (χ0v) is 12.9. The van der Waals surface area contributed by atoms with Gasteiger partial charge in [0.05, 0.1) is 11.8 Å². The third kappa shape index (κ3) is 2.64. The summed E-state index contributed by atoms with van der Waals surface area (Å²) < 4.78 is 11.4. The number of pyridine rings is 1. The van der Waals surface area contributed by atoms with E-state index in [1.807, 2.05) is 19.9 Å². The molecule has 0 aromatic carbocycles. The second-order valence-electron chi connectivity index (χ2n) is 6.30. The average molecular weight is 300 g/mol. The monoisotopic (exact) mass is 300 g/mol. The maximum Gasteiger partial charge on any atom is 0.255 e. The van der Waals surface area contributed by atoms with Crippen LogP contribution in [0.15, 0.2) is 22.7 Å². The molecule has 0 amide bonds. The van der Waals surface area contributed by atoms with Gasteiger partial charge in [-0.2, -0.15) is 4.98 Å². The highest BCUT2D eigenvalue weighted by Gasteiger charge is 2.44. The summed E-state index contributed by atoms with van der Waals surface area (Å²) in [5.41, 5.74) is 2.20. The van der Waals surface area contributed by atoms with Gasteiger partial charge in [0, 0.05) is 31.2 Å². The molecule has 2 aromatic heterocycles. The fourth-order valence-electron chi connectivity index (χ4n) is 3.50. The molecule has 0 saturated carbocycles. The summed E-state index contributed by atoms with van der Waals surface area (Å²) >= 11 is 0. The van der Waals surface area contributed by atoms with Gasteiger partial charge in [-0.15, -0.1) is 0 Å². The van der Waals surface area contributed by atoms with Gasteiger partial charge in [-0.3, -0.25) is 9.88 Å². The Morgan fingerprint density at radius 3 is 2.86 bits per heavy atom. The van der Waals surface area contributed by atoms with Crippen molar-refractivity contribution in [2.45, 2.75) is 39.0 Å². The number of rotatable bonds is 3. The molecule has 0 bridgehead atoms. The van der Waals surface area contributed by atoms with Gasteiger partial charge in [-0.1, -0.05) is 11.2 Å². The van der Waals surface area contributed by atoms with E-state index in [1.54, 1.807) is 0 Å². The molecule has 22 heavy (non-hydrogen) atoms. The van der Waals surface area contributed by atoms with E-state index in [4.69, 9.17) is 9.26 Å². The highest BCUT2D eigenvalue weighted by atomic mass is 16.5. The Hall–Kier alpha value is -1.79. The summed E-state index contributed by atoms with van der Waals surface area (Å²) in [5, 5.41) is 3.85. The zero-order valence-electron chi connectivity index (χ0n) is 12.9. The van der Waals surface area contributed by atoms with Crippen molar-refractivity contribution in [3.05, 3.63) is 41.3 Å². The minimum atomic E-state index is -0.0320. The lowest BCUT2D eigenvalue weighted by Gasteiger charge is -2.17. The highest BCUT2D eigenvalue weighted by Crippen LogP contribution is 2.40. The van der Waals surface area contributed by atoms with Crippen LogP contribution < -0.4 is 0 Å². The van der Waals surface area contributed by atoms with Gasteiger partial charge >= 0.3 is 0 Å². The van der Waals surface area contributed by atoms with Gasteiger partial charge in [0.25, 0.3) is 5.89 Å². The number of aromatic nitrogens is 3. The Labute approximate surface area is 129 Å². The van der Waals surface area contributed by atoms with E-state index >= 15 is 0 Å². The number of ether oxygens (including phenoxy) is 1. The van der Waals surface area contributed by atoms with Gasteiger partial charge in [0.15, 0.2) is 5.82 Å². The number of hydrogen-bond donors (Lipinski definition) is 0. The second kappa shape index (κ2) is 5.44. The summed E-state index contributed by atoms with van der Waals surface area (Å²) in [7, 11) is 0. The van der Waals surface area contributed by atoms with Crippen molar-refractivity contribution < 1.29 is 9.26 Å². The van der Waals surface area contributed by atoms with Crippen LogP contribution in [-0.4, -0.2) is 39.2 Å². The van der Waals surface area contributed by atoms with Crippen LogP contribution in [0.2, 0.25) is 0 Å². The first-order valence-corrected chi connectivity index (χ1v) is 7.78. The number of hydrogen-bond acceptors (Lipinski definition) is 6. The van der Waals surface area contributed by atoms with E-state index in [-0.39, 0.29) is 12.2 Å². The van der Waals surface area contributed by atoms with Crippen molar-refractivity contribution in [2.24, 2.45) is 5.92 Å². The predicted octanol–water partition coefficient (Wildman–Crippen LogP) is 2.04. The molecule has 2 aromatic rings. The van der Waals surface area contributed by atoms with Gasteiger partial charge in [0.2, 0.25) is 0 Å². The molecule has 6 heteroatoms. The summed E-state index contributed by atoms with van der Waals surface area (Å²) in [6.07, 6.45) is 1.20. The zero-order chi connectivity index (χ0) is 15.1. The summed E-state index contributed by atoms with van der Waals surface area (Å²) in [5.74, 6) is 1.84. The van der Waals surface area contributed by atoms with Crippen molar-refractivity contribution in [1.29, 1.82) is 0 Å². The van der Waals surface area contributed by atoms with Gasteiger partial charge in [0.1, 0.15) is 6.10 Å². The first kappa shape index (κ1) is 13.8. The predicted molar refractivity (Wildman–Crippen MR) is 79.0 cm³/mol. The minimum Gasteiger partial charge on any atom is -0.363 e. The molecule has 2 aliphatic rings. The quantitative estimate of drug-likeness (QED) is 0.864. The largest absolute Gasteiger partial charge is 0.363 e. The molecule has 4 rings (SSSR count). The Bertz CT molecular complexity index is 658. The van der Waals surface area contributed by atoms with Gasteiger partial charge < -0.3 is 9.26 Å². The molecule has 0 aliphatic carbocycles. The average Bonchev–Trinajstić information content (AvgIpc) is 3.13. The Kier molecular flexibility index (Phi) is 3.43. The smallest absolute Gasteiger partial charge is 0.255 e. The van der Waals surface area contributed by atoms with Crippen LogP contribution in [0.4, 0.5) is 0 Å². The fourth-order valence-corrected chi connectivity index (χ4v) is 3.50. The third-order valence-electron chi connectivity index (χ3n) is 4.46.